The summed E-state index contributed by atoms with van der Waals surface area (Å²) < 4.78 is 10.6. The molecule has 0 fully saturated rings. The van der Waals surface area contributed by atoms with Gasteiger partial charge in [0.05, 0.1) is 6.61 Å². The van der Waals surface area contributed by atoms with E-state index in [-0.39, 0.29) is 18.4 Å². The zero-order valence-electron chi connectivity index (χ0n) is 17.9. The van der Waals surface area contributed by atoms with Crippen LogP contribution in [0.1, 0.15) is 42.1 Å². The number of hydrogen-bond donors (Lipinski definition) is 1. The summed E-state index contributed by atoms with van der Waals surface area (Å²) in [5.74, 6) is 0.0709. The number of rotatable bonds is 9. The molecule has 0 aliphatic carbocycles. The fraction of sp³-hybridized carbons (Fsp3) is 0.348. The highest BCUT2D eigenvalue weighted by atomic mass is 16.5. The molecule has 1 N–H and O–H groups in total. The largest absolute Gasteiger partial charge is 0.464 e. The third-order valence-electron chi connectivity index (χ3n) is 4.76. The molecule has 0 aliphatic heterocycles. The Morgan fingerprint density at radius 2 is 1.97 bits per heavy atom. The van der Waals surface area contributed by atoms with Crippen LogP contribution in [0.5, 0.6) is 0 Å². The molecule has 162 valence electrons. The molecule has 2 aromatic heterocycles. The van der Waals surface area contributed by atoms with Gasteiger partial charge in [-0.25, -0.2) is 4.79 Å². The molecule has 0 saturated heterocycles. The van der Waals surface area contributed by atoms with E-state index in [9.17, 15) is 9.59 Å². The molecule has 0 aliphatic rings. The van der Waals surface area contributed by atoms with Gasteiger partial charge in [-0.3, -0.25) is 9.78 Å². The van der Waals surface area contributed by atoms with Crippen LogP contribution in [0.15, 0.2) is 53.3 Å². The van der Waals surface area contributed by atoms with E-state index >= 15 is 0 Å². The van der Waals surface area contributed by atoms with Gasteiger partial charge in [-0.05, 0) is 43.0 Å². The van der Waals surface area contributed by atoms with Gasteiger partial charge in [0.2, 0.25) is 11.7 Å². The first kappa shape index (κ1) is 22.1. The molecule has 0 saturated carbocycles. The Morgan fingerprint density at radius 1 is 1.16 bits per heavy atom. The van der Waals surface area contributed by atoms with Crippen LogP contribution in [0.25, 0.3) is 11.4 Å². The minimum Gasteiger partial charge on any atom is -0.464 e. The third-order valence-corrected chi connectivity index (χ3v) is 4.76. The van der Waals surface area contributed by atoms with Gasteiger partial charge in [-0.2, -0.15) is 4.98 Å². The Kier molecular flexibility index (Phi) is 7.48. The number of carbonyl (C=O) groups is 2. The standard InChI is InChI=1S/C23H26N4O4/c1-15(2)20(26-22(28)18-10-5-4-8-16(18)3)23(29)30-13-7-11-19-25-21(27-31-19)17-9-6-12-24-14-17/h4-6,8-10,12,14-15,20H,7,11,13H2,1-3H3,(H,26,28)/t20-/m0/s1. The Bertz CT molecular complexity index is 1020. The Balaban J connectivity index is 1.49. The van der Waals surface area contributed by atoms with Crippen molar-refractivity contribution < 1.29 is 18.8 Å². The van der Waals surface area contributed by atoms with E-state index in [1.807, 2.05) is 39.0 Å². The number of ether oxygens (including phenoxy) is 1. The molecule has 3 aromatic rings. The van der Waals surface area contributed by atoms with Crippen molar-refractivity contribution in [3.63, 3.8) is 0 Å². The lowest BCUT2D eigenvalue weighted by Crippen LogP contribution is -2.45. The Hall–Kier alpha value is -3.55. The molecule has 8 nitrogen and oxygen atoms in total. The summed E-state index contributed by atoms with van der Waals surface area (Å²) in [6.45, 7) is 5.77. The van der Waals surface area contributed by atoms with Gasteiger partial charge >= 0.3 is 5.97 Å². The molecule has 3 rings (SSSR count). The topological polar surface area (TPSA) is 107 Å². The fourth-order valence-electron chi connectivity index (χ4n) is 3.00. The first-order valence-electron chi connectivity index (χ1n) is 10.2. The zero-order chi connectivity index (χ0) is 22.2. The summed E-state index contributed by atoms with van der Waals surface area (Å²) in [6, 6.07) is 10.2. The van der Waals surface area contributed by atoms with Crippen LogP contribution in [0, 0.1) is 12.8 Å². The highest BCUT2D eigenvalue weighted by Crippen LogP contribution is 2.15. The number of pyridine rings is 1. The fourth-order valence-corrected chi connectivity index (χ4v) is 3.00. The second kappa shape index (κ2) is 10.5. The molecular weight excluding hydrogens is 396 g/mol. The van der Waals surface area contributed by atoms with E-state index < -0.39 is 12.0 Å². The quantitative estimate of drug-likeness (QED) is 0.416. The number of nitrogens with one attached hydrogen (secondary N) is 1. The number of amides is 1. The lowest BCUT2D eigenvalue weighted by molar-refractivity contribution is -0.147. The molecule has 2 heterocycles. The number of carbonyl (C=O) groups excluding carboxylic acids is 2. The minimum absolute atomic E-state index is 0.113. The first-order valence-corrected chi connectivity index (χ1v) is 10.2. The number of esters is 1. The van der Waals surface area contributed by atoms with Gasteiger partial charge in [-0.1, -0.05) is 37.2 Å². The summed E-state index contributed by atoms with van der Waals surface area (Å²) in [7, 11) is 0. The molecule has 0 bridgehead atoms. The normalized spacial score (nSPS) is 11.9. The van der Waals surface area contributed by atoms with Gasteiger partial charge in [-0.15, -0.1) is 0 Å². The molecule has 0 radical (unpaired) electrons. The van der Waals surface area contributed by atoms with E-state index in [1.165, 1.54) is 0 Å². The smallest absolute Gasteiger partial charge is 0.328 e. The second-order valence-electron chi connectivity index (χ2n) is 7.53. The van der Waals surface area contributed by atoms with Crippen molar-refractivity contribution in [3.05, 3.63) is 65.8 Å². The monoisotopic (exact) mass is 422 g/mol. The van der Waals surface area contributed by atoms with Crippen LogP contribution in [-0.2, 0) is 16.0 Å². The summed E-state index contributed by atoms with van der Waals surface area (Å²) >= 11 is 0. The number of nitrogens with zero attached hydrogens (tertiary/aromatic N) is 3. The maximum atomic E-state index is 12.6. The van der Waals surface area contributed by atoms with Gasteiger partial charge in [0, 0.05) is 29.9 Å². The predicted molar refractivity (Wildman–Crippen MR) is 114 cm³/mol. The maximum Gasteiger partial charge on any atom is 0.328 e. The van der Waals surface area contributed by atoms with Gasteiger partial charge in [0.25, 0.3) is 5.91 Å². The van der Waals surface area contributed by atoms with Gasteiger partial charge < -0.3 is 14.6 Å². The molecule has 0 unspecified atom stereocenters. The molecule has 8 heteroatoms. The van der Waals surface area contributed by atoms with E-state index in [0.717, 1.165) is 11.1 Å². The van der Waals surface area contributed by atoms with Crippen molar-refractivity contribution in [3.8, 4) is 11.4 Å². The average molecular weight is 422 g/mol. The third kappa shape index (κ3) is 5.97. The Labute approximate surface area is 181 Å². The van der Waals surface area contributed by atoms with Gasteiger partial charge in [0.1, 0.15) is 6.04 Å². The van der Waals surface area contributed by atoms with Crippen molar-refractivity contribution in [1.29, 1.82) is 0 Å². The van der Waals surface area contributed by atoms with E-state index in [1.54, 1.807) is 30.6 Å². The SMILES string of the molecule is Cc1ccccc1C(=O)N[C@H](C(=O)OCCCc1nc(-c2cccnc2)no1)C(C)C. The predicted octanol–water partition coefficient (Wildman–Crippen LogP) is 3.37. The van der Waals surface area contributed by atoms with Crippen molar-refractivity contribution >= 4 is 11.9 Å². The molecule has 0 spiro atoms. The number of aromatic nitrogens is 3. The lowest BCUT2D eigenvalue weighted by Gasteiger charge is -2.21. The van der Waals surface area contributed by atoms with E-state index in [2.05, 4.69) is 20.4 Å². The van der Waals surface area contributed by atoms with Crippen LogP contribution >= 0.6 is 0 Å². The van der Waals surface area contributed by atoms with Gasteiger partial charge in [0.15, 0.2) is 0 Å². The summed E-state index contributed by atoms with van der Waals surface area (Å²) in [5, 5.41) is 6.73. The lowest BCUT2D eigenvalue weighted by atomic mass is 10.0. The zero-order valence-corrected chi connectivity index (χ0v) is 17.9. The summed E-state index contributed by atoms with van der Waals surface area (Å²) in [5.41, 5.74) is 2.16. The molecule has 1 aromatic carbocycles. The summed E-state index contributed by atoms with van der Waals surface area (Å²) in [6.07, 6.45) is 4.33. The first-order chi connectivity index (χ1) is 15.0. The maximum absolute atomic E-state index is 12.6. The van der Waals surface area contributed by atoms with Crippen molar-refractivity contribution in [1.82, 2.24) is 20.4 Å². The Morgan fingerprint density at radius 3 is 2.68 bits per heavy atom. The average Bonchev–Trinajstić information content (AvgIpc) is 3.24. The van der Waals surface area contributed by atoms with E-state index in [0.29, 0.717) is 30.1 Å². The minimum atomic E-state index is -0.729. The number of hydrogen-bond acceptors (Lipinski definition) is 7. The highest BCUT2D eigenvalue weighted by Gasteiger charge is 2.26. The van der Waals surface area contributed by atoms with Crippen LogP contribution in [0.3, 0.4) is 0 Å². The van der Waals surface area contributed by atoms with Crippen LogP contribution in [0.2, 0.25) is 0 Å². The molecule has 1 amide bonds. The van der Waals surface area contributed by atoms with Crippen molar-refractivity contribution in [2.24, 2.45) is 5.92 Å². The van der Waals surface area contributed by atoms with E-state index in [4.69, 9.17) is 9.26 Å². The molecular formula is C23H26N4O4. The number of benzene rings is 1. The second-order valence-corrected chi connectivity index (χ2v) is 7.53. The summed E-state index contributed by atoms with van der Waals surface area (Å²) in [4.78, 5) is 33.5. The molecule has 1 atom stereocenters. The van der Waals surface area contributed by atoms with Crippen molar-refractivity contribution in [2.45, 2.75) is 39.7 Å². The van der Waals surface area contributed by atoms with Crippen LogP contribution in [-0.4, -0.2) is 39.6 Å². The van der Waals surface area contributed by atoms with Crippen LogP contribution < -0.4 is 5.32 Å². The highest BCUT2D eigenvalue weighted by molar-refractivity contribution is 5.98. The van der Waals surface area contributed by atoms with Crippen LogP contribution in [0.4, 0.5) is 0 Å². The van der Waals surface area contributed by atoms with Crippen molar-refractivity contribution in [2.75, 3.05) is 6.61 Å². The number of aryl methyl sites for hydroxylation is 2. The molecule has 31 heavy (non-hydrogen) atoms.